The number of ether oxygens (including phenoxy) is 2. The molecule has 3 aromatic rings. The van der Waals surface area contributed by atoms with Crippen LogP contribution in [0.1, 0.15) is 31.9 Å². The van der Waals surface area contributed by atoms with E-state index >= 15 is 0 Å². The topological polar surface area (TPSA) is 111 Å². The second kappa shape index (κ2) is 10.1. The Morgan fingerprint density at radius 3 is 2.46 bits per heavy atom. The van der Waals surface area contributed by atoms with Gasteiger partial charge in [-0.1, -0.05) is 18.2 Å². The molecule has 1 saturated carbocycles. The normalized spacial score (nSPS) is 19.1. The van der Waals surface area contributed by atoms with Gasteiger partial charge in [0.05, 0.1) is 24.9 Å². The summed E-state index contributed by atoms with van der Waals surface area (Å²) >= 11 is 0. The van der Waals surface area contributed by atoms with Gasteiger partial charge in [0, 0.05) is 30.1 Å². The SMILES string of the molecule is C[C@H]1COCCN1c1cc(C2(S(C)(=O)=O)CCC2)nc(-c2ccc(NC(=O)Oc3ccccc3)cc2)n1. The number of amides is 1. The molecule has 1 amide bonds. The Morgan fingerprint density at radius 2 is 1.84 bits per heavy atom. The minimum Gasteiger partial charge on any atom is -0.410 e. The van der Waals surface area contributed by atoms with Crippen LogP contribution in [0.4, 0.5) is 16.3 Å². The number of hydrogen-bond donors (Lipinski definition) is 1. The van der Waals surface area contributed by atoms with Gasteiger partial charge >= 0.3 is 6.09 Å². The zero-order valence-electron chi connectivity index (χ0n) is 20.9. The van der Waals surface area contributed by atoms with E-state index in [1.165, 1.54) is 6.26 Å². The average Bonchev–Trinajstić information content (AvgIpc) is 2.83. The Labute approximate surface area is 216 Å². The predicted molar refractivity (Wildman–Crippen MR) is 142 cm³/mol. The van der Waals surface area contributed by atoms with Gasteiger partial charge in [0.2, 0.25) is 0 Å². The zero-order chi connectivity index (χ0) is 26.0. The monoisotopic (exact) mass is 522 g/mol. The molecule has 1 aromatic heterocycles. The van der Waals surface area contributed by atoms with Crippen molar-refractivity contribution in [1.82, 2.24) is 9.97 Å². The summed E-state index contributed by atoms with van der Waals surface area (Å²) in [7, 11) is -3.38. The molecule has 1 atom stereocenters. The molecule has 0 bridgehead atoms. The molecule has 2 fully saturated rings. The largest absolute Gasteiger partial charge is 0.417 e. The fraction of sp³-hybridized carbons (Fsp3) is 0.370. The molecule has 2 aromatic carbocycles. The van der Waals surface area contributed by atoms with Crippen LogP contribution in [-0.4, -0.2) is 56.5 Å². The predicted octanol–water partition coefficient (Wildman–Crippen LogP) is 4.40. The van der Waals surface area contributed by atoms with Gasteiger partial charge in [0.1, 0.15) is 16.3 Å². The Morgan fingerprint density at radius 1 is 1.11 bits per heavy atom. The Bertz CT molecular complexity index is 1380. The number of benzene rings is 2. The van der Waals surface area contributed by atoms with Gasteiger partial charge in [-0.3, -0.25) is 5.32 Å². The fourth-order valence-electron chi connectivity index (χ4n) is 4.77. The molecule has 2 aliphatic rings. The van der Waals surface area contributed by atoms with Crippen molar-refractivity contribution >= 4 is 27.4 Å². The number of carbonyl (C=O) groups is 1. The molecule has 0 spiro atoms. The van der Waals surface area contributed by atoms with Crippen molar-refractivity contribution in [3.8, 4) is 17.1 Å². The van der Waals surface area contributed by atoms with Crippen LogP contribution in [0, 0.1) is 0 Å². The van der Waals surface area contributed by atoms with E-state index in [2.05, 4.69) is 17.1 Å². The van der Waals surface area contributed by atoms with E-state index in [4.69, 9.17) is 19.4 Å². The van der Waals surface area contributed by atoms with Crippen molar-refractivity contribution in [2.24, 2.45) is 0 Å². The summed E-state index contributed by atoms with van der Waals surface area (Å²) in [6.45, 7) is 3.88. The molecule has 5 rings (SSSR count). The highest BCUT2D eigenvalue weighted by Crippen LogP contribution is 2.48. The summed E-state index contributed by atoms with van der Waals surface area (Å²) < 4.78 is 35.6. The van der Waals surface area contributed by atoms with Crippen molar-refractivity contribution in [1.29, 1.82) is 0 Å². The first-order chi connectivity index (χ1) is 17.7. The standard InChI is InChI=1S/C27H30N4O5S/c1-19-18-35-16-15-31(19)24-17-23(27(13-6-14-27)37(2,33)34)29-25(30-24)20-9-11-21(12-10-20)28-26(32)36-22-7-4-3-5-8-22/h3-5,7-12,17,19H,6,13-16,18H2,1-2H3,(H,28,32)/t19-/m0/s1. The summed E-state index contributed by atoms with van der Waals surface area (Å²) in [5.74, 6) is 1.58. The summed E-state index contributed by atoms with van der Waals surface area (Å²) in [5.41, 5.74) is 1.80. The van der Waals surface area contributed by atoms with Crippen molar-refractivity contribution in [3.05, 3.63) is 66.4 Å². The number of rotatable bonds is 6. The molecule has 194 valence electrons. The Kier molecular flexibility index (Phi) is 6.87. The molecule has 9 nitrogen and oxygen atoms in total. The highest BCUT2D eigenvalue weighted by molar-refractivity contribution is 7.91. The molecule has 1 aliphatic heterocycles. The lowest BCUT2D eigenvalue weighted by Crippen LogP contribution is -2.45. The van der Waals surface area contributed by atoms with E-state index in [9.17, 15) is 13.2 Å². The lowest BCUT2D eigenvalue weighted by atomic mass is 9.81. The number of nitrogens with zero attached hydrogens (tertiary/aromatic N) is 3. The van der Waals surface area contributed by atoms with Crippen LogP contribution in [0.15, 0.2) is 60.7 Å². The van der Waals surface area contributed by atoms with Gasteiger partial charge in [-0.25, -0.2) is 23.2 Å². The van der Waals surface area contributed by atoms with Gasteiger partial charge in [0.25, 0.3) is 0 Å². The van der Waals surface area contributed by atoms with E-state index in [-0.39, 0.29) is 6.04 Å². The lowest BCUT2D eigenvalue weighted by Gasteiger charge is -2.40. The zero-order valence-corrected chi connectivity index (χ0v) is 21.7. The number of anilines is 2. The number of hydrogen-bond acceptors (Lipinski definition) is 8. The molecule has 1 aliphatic carbocycles. The lowest BCUT2D eigenvalue weighted by molar-refractivity contribution is 0.0985. The van der Waals surface area contributed by atoms with E-state index < -0.39 is 20.7 Å². The maximum atomic E-state index is 12.9. The number of morpholine rings is 1. The first-order valence-electron chi connectivity index (χ1n) is 12.3. The quantitative estimate of drug-likeness (QED) is 0.507. The van der Waals surface area contributed by atoms with Gasteiger partial charge < -0.3 is 14.4 Å². The number of para-hydroxylation sites is 1. The van der Waals surface area contributed by atoms with Crippen LogP contribution in [0.5, 0.6) is 5.75 Å². The third kappa shape index (κ3) is 5.17. The number of nitrogens with one attached hydrogen (secondary N) is 1. The average molecular weight is 523 g/mol. The maximum Gasteiger partial charge on any atom is 0.417 e. The number of sulfone groups is 1. The molecular formula is C27H30N4O5S. The van der Waals surface area contributed by atoms with Crippen LogP contribution in [0.2, 0.25) is 0 Å². The van der Waals surface area contributed by atoms with E-state index in [1.54, 1.807) is 48.5 Å². The second-order valence-electron chi connectivity index (χ2n) is 9.58. The first-order valence-corrected chi connectivity index (χ1v) is 14.2. The molecule has 2 heterocycles. The van der Waals surface area contributed by atoms with Crippen LogP contribution in [0.25, 0.3) is 11.4 Å². The third-order valence-electron chi connectivity index (χ3n) is 7.06. The molecule has 0 radical (unpaired) electrons. The molecule has 1 saturated heterocycles. The van der Waals surface area contributed by atoms with Gasteiger partial charge in [-0.2, -0.15) is 0 Å². The molecule has 1 N–H and O–H groups in total. The van der Waals surface area contributed by atoms with Crippen LogP contribution in [-0.2, 0) is 19.3 Å². The minimum absolute atomic E-state index is 0.0992. The number of aromatic nitrogens is 2. The first kappa shape index (κ1) is 25.2. The van der Waals surface area contributed by atoms with Crippen molar-refractivity contribution in [3.63, 3.8) is 0 Å². The van der Waals surface area contributed by atoms with Crippen LogP contribution < -0.4 is 15.0 Å². The summed E-state index contributed by atoms with van der Waals surface area (Å²) in [6.07, 6.45) is 2.63. The maximum absolute atomic E-state index is 12.9. The van der Waals surface area contributed by atoms with E-state index in [1.807, 2.05) is 12.1 Å². The van der Waals surface area contributed by atoms with Gasteiger partial charge in [-0.05, 0) is 62.6 Å². The van der Waals surface area contributed by atoms with Crippen molar-refractivity contribution in [2.75, 3.05) is 36.2 Å². The highest BCUT2D eigenvalue weighted by atomic mass is 32.2. The summed E-state index contributed by atoms with van der Waals surface area (Å²) in [4.78, 5) is 24.0. The van der Waals surface area contributed by atoms with E-state index in [0.29, 0.717) is 66.9 Å². The fourth-order valence-corrected chi connectivity index (χ4v) is 6.28. The molecular weight excluding hydrogens is 492 g/mol. The second-order valence-corrected chi connectivity index (χ2v) is 11.9. The third-order valence-corrected chi connectivity index (χ3v) is 9.09. The summed E-state index contributed by atoms with van der Waals surface area (Å²) in [6, 6.07) is 17.8. The van der Waals surface area contributed by atoms with Gasteiger partial charge in [-0.15, -0.1) is 0 Å². The van der Waals surface area contributed by atoms with Crippen molar-refractivity contribution < 1.29 is 22.7 Å². The highest BCUT2D eigenvalue weighted by Gasteiger charge is 2.49. The van der Waals surface area contributed by atoms with Crippen LogP contribution >= 0.6 is 0 Å². The summed E-state index contributed by atoms with van der Waals surface area (Å²) in [5, 5.41) is 2.71. The van der Waals surface area contributed by atoms with Crippen molar-refractivity contribution in [2.45, 2.75) is 37.0 Å². The molecule has 0 unspecified atom stereocenters. The Hall–Kier alpha value is -3.50. The smallest absolute Gasteiger partial charge is 0.410 e. The molecule has 37 heavy (non-hydrogen) atoms. The minimum atomic E-state index is -3.38. The van der Waals surface area contributed by atoms with Gasteiger partial charge in [0.15, 0.2) is 15.7 Å². The Balaban J connectivity index is 1.45. The van der Waals surface area contributed by atoms with E-state index in [0.717, 1.165) is 6.42 Å². The number of carbonyl (C=O) groups excluding carboxylic acids is 1. The van der Waals surface area contributed by atoms with Crippen LogP contribution in [0.3, 0.4) is 0 Å². The molecule has 10 heteroatoms.